The van der Waals surface area contributed by atoms with Gasteiger partial charge in [0.2, 0.25) is 0 Å². The third kappa shape index (κ3) is 5.76. The Morgan fingerprint density at radius 3 is 2.29 bits per heavy atom. The minimum absolute atomic E-state index is 0.103. The number of rotatable bonds is 5. The molecule has 0 aliphatic carbocycles. The van der Waals surface area contributed by atoms with Crippen molar-refractivity contribution in [1.82, 2.24) is 14.1 Å². The van der Waals surface area contributed by atoms with Gasteiger partial charge in [-0.25, -0.2) is 0 Å². The van der Waals surface area contributed by atoms with Crippen LogP contribution in [0.1, 0.15) is 37.5 Å². The van der Waals surface area contributed by atoms with E-state index < -0.39 is 0 Å². The van der Waals surface area contributed by atoms with E-state index in [1.54, 1.807) is 0 Å². The van der Waals surface area contributed by atoms with Crippen molar-refractivity contribution < 1.29 is 24.1 Å². The molecule has 0 bridgehead atoms. The Balaban J connectivity index is 1.24. The van der Waals surface area contributed by atoms with Crippen molar-refractivity contribution in [1.29, 1.82) is 0 Å². The summed E-state index contributed by atoms with van der Waals surface area (Å²) in [6, 6.07) is 45.7. The fourth-order valence-corrected chi connectivity index (χ4v) is 7.43. The van der Waals surface area contributed by atoms with Crippen molar-refractivity contribution in [3.05, 3.63) is 148 Å². The van der Waals surface area contributed by atoms with Crippen LogP contribution in [-0.2, 0) is 38.4 Å². The number of imidazole rings is 1. The first-order chi connectivity index (χ1) is 23.6. The number of hydrogen-bond acceptors (Lipinski definition) is 3. The minimum atomic E-state index is -0.103. The summed E-state index contributed by atoms with van der Waals surface area (Å²) in [7, 11) is 2.10. The summed E-state index contributed by atoms with van der Waals surface area (Å²) in [5, 5.41) is 0. The number of hydrogen-bond donors (Lipinski definition) is 0. The number of pyridine rings is 1. The zero-order valence-electron chi connectivity index (χ0n) is 28.2. The molecule has 8 rings (SSSR count). The predicted molar refractivity (Wildman–Crippen MR) is 194 cm³/mol. The van der Waals surface area contributed by atoms with E-state index in [2.05, 4.69) is 177 Å². The standard InChI is InChI=1S/C43H36N4O.Pt/c1-29-19-20-44-42(21-29)46-27-32-22-31(30-11-7-6-8-12-30)15-17-37(32)38-18-16-35(26-41(38)46)48-36-24-33(43(2,3)4)23-34(25-36)47-28-45(5)39-13-9-10-14-40(39)47;/h6-24H,27H2,1-5H3;/q-2;. The molecule has 3 heterocycles. The van der Waals surface area contributed by atoms with Crippen molar-refractivity contribution in [2.45, 2.75) is 39.7 Å². The van der Waals surface area contributed by atoms with Gasteiger partial charge >= 0.3 is 221 Å². The summed E-state index contributed by atoms with van der Waals surface area (Å²) in [4.78, 5) is 7.05. The third-order valence-electron chi connectivity index (χ3n) is 9.24. The first-order valence-corrected chi connectivity index (χ1v) is 17.6. The number of anilines is 2. The maximum atomic E-state index is 6.69. The van der Waals surface area contributed by atoms with Crippen LogP contribution < -0.4 is 9.64 Å². The summed E-state index contributed by atoms with van der Waals surface area (Å²) in [5.41, 5.74) is 12.3. The Morgan fingerprint density at radius 1 is 0.755 bits per heavy atom. The molecule has 0 atom stereocenters. The van der Waals surface area contributed by atoms with Crippen LogP contribution in [0.3, 0.4) is 0 Å². The molecule has 246 valence electrons. The summed E-state index contributed by atoms with van der Waals surface area (Å²) in [5.74, 6) is 2.17. The maximum absolute atomic E-state index is 6.69. The average molecular weight is 820 g/mol. The van der Waals surface area contributed by atoms with Gasteiger partial charge in [-0.05, 0) is 35.7 Å². The van der Waals surface area contributed by atoms with Gasteiger partial charge in [0.05, 0.1) is 0 Å². The van der Waals surface area contributed by atoms with Crippen molar-refractivity contribution in [3.63, 3.8) is 0 Å². The zero-order chi connectivity index (χ0) is 33.9. The van der Waals surface area contributed by atoms with Gasteiger partial charge in [0.25, 0.3) is 0 Å². The fourth-order valence-electron chi connectivity index (χ4n) is 6.61. The monoisotopic (exact) mass is 819 g/mol. The van der Waals surface area contributed by atoms with Crippen molar-refractivity contribution in [2.24, 2.45) is 7.05 Å². The molecule has 2 aromatic heterocycles. The molecule has 5 nitrogen and oxygen atoms in total. The van der Waals surface area contributed by atoms with Gasteiger partial charge in [-0.2, -0.15) is 0 Å². The number of ether oxygens (including phenoxy) is 1. The van der Waals surface area contributed by atoms with Crippen molar-refractivity contribution >= 4 is 22.5 Å². The van der Waals surface area contributed by atoms with Crippen molar-refractivity contribution in [3.8, 4) is 39.4 Å². The zero-order valence-corrected chi connectivity index (χ0v) is 30.5. The topological polar surface area (TPSA) is 35.2 Å². The molecule has 49 heavy (non-hydrogen) atoms. The normalized spacial score (nSPS) is 12.6. The molecule has 0 saturated carbocycles. The second-order valence-corrected chi connectivity index (χ2v) is 14.7. The molecule has 0 N–H and O–H groups in total. The van der Waals surface area contributed by atoms with Crippen molar-refractivity contribution in [2.75, 3.05) is 4.90 Å². The molecular formula is C43H36N4OPt-2. The van der Waals surface area contributed by atoms with E-state index in [4.69, 9.17) is 9.72 Å². The Bertz CT molecular complexity index is 2430. The molecule has 6 heteroatoms. The number of fused-ring (bicyclic) bond motifs is 4. The van der Waals surface area contributed by atoms with Crippen LogP contribution in [0.25, 0.3) is 39.0 Å². The van der Waals surface area contributed by atoms with E-state index in [1.165, 1.54) is 27.8 Å². The molecule has 0 radical (unpaired) electrons. The molecule has 0 spiro atoms. The molecule has 0 unspecified atom stereocenters. The van der Waals surface area contributed by atoms with Crippen LogP contribution in [-0.4, -0.2) is 14.1 Å². The van der Waals surface area contributed by atoms with Crippen LogP contribution in [0.2, 0.25) is 0 Å². The summed E-state index contributed by atoms with van der Waals surface area (Å²) >= 11 is 2.40. The van der Waals surface area contributed by atoms with Gasteiger partial charge in [0.15, 0.2) is 0 Å². The van der Waals surface area contributed by atoms with Crippen LogP contribution in [0.5, 0.6) is 11.5 Å². The predicted octanol–water partition coefficient (Wildman–Crippen LogP) is 10.4. The van der Waals surface area contributed by atoms with E-state index in [0.717, 1.165) is 43.2 Å². The van der Waals surface area contributed by atoms with Gasteiger partial charge in [-0.1, -0.05) is 36.4 Å². The number of nitrogens with zero attached hydrogens (tertiary/aromatic N) is 4. The Hall–Kier alpha value is -4.99. The third-order valence-corrected chi connectivity index (χ3v) is 10.5. The van der Waals surface area contributed by atoms with E-state index in [0.29, 0.717) is 18.0 Å². The first kappa shape index (κ1) is 31.3. The quantitative estimate of drug-likeness (QED) is 0.162. The Labute approximate surface area is 298 Å². The molecule has 7 aromatic rings. The van der Waals surface area contributed by atoms with E-state index in [-0.39, 0.29) is 5.41 Å². The molecule has 1 aliphatic rings. The molecular weight excluding hydrogens is 784 g/mol. The van der Waals surface area contributed by atoms with Gasteiger partial charge in [-0.15, -0.1) is 0 Å². The van der Waals surface area contributed by atoms with E-state index >= 15 is 0 Å². The number of aryl methyl sites for hydroxylation is 2. The van der Waals surface area contributed by atoms with Crippen LogP contribution in [0, 0.1) is 22.9 Å². The average Bonchev–Trinajstić information content (AvgIpc) is 3.36. The van der Waals surface area contributed by atoms with Gasteiger partial charge in [0, 0.05) is 6.20 Å². The second-order valence-electron chi connectivity index (χ2n) is 13.7. The SMILES string of the molecule is Cc1ccnc(N2Cc3cc(-c4ccccc4)ccc3-c3ccc(Oc4[c-]c(-n5[c](=[Pt])n(C)c6ccccc65)cc(C(C)(C)C)c4)[c-]c32)c1. The van der Waals surface area contributed by atoms with Crippen LogP contribution in [0.4, 0.5) is 11.5 Å². The summed E-state index contributed by atoms with van der Waals surface area (Å²) in [6.07, 6.45) is 1.88. The molecule has 1 aliphatic heterocycles. The van der Waals surface area contributed by atoms with Gasteiger partial charge in [-0.3, -0.25) is 0 Å². The first-order valence-electron chi connectivity index (χ1n) is 16.5. The van der Waals surface area contributed by atoms with Crippen LogP contribution >= 0.6 is 0 Å². The molecule has 0 saturated heterocycles. The summed E-state index contributed by atoms with van der Waals surface area (Å²) < 4.78 is 12.2. The number of para-hydroxylation sites is 2. The fraction of sp³-hybridized carbons (Fsp3) is 0.163. The van der Waals surface area contributed by atoms with Gasteiger partial charge in [0.1, 0.15) is 0 Å². The molecule has 0 amide bonds. The van der Waals surface area contributed by atoms with Crippen LogP contribution in [0.15, 0.2) is 115 Å². The van der Waals surface area contributed by atoms with E-state index in [1.807, 2.05) is 18.3 Å². The number of aromatic nitrogens is 3. The summed E-state index contributed by atoms with van der Waals surface area (Å²) in [6.45, 7) is 9.46. The Morgan fingerprint density at radius 2 is 1.51 bits per heavy atom. The van der Waals surface area contributed by atoms with E-state index in [9.17, 15) is 0 Å². The molecule has 5 aromatic carbocycles. The Kier molecular flexibility index (Phi) is 7.76. The van der Waals surface area contributed by atoms with Gasteiger partial charge < -0.3 is 0 Å². The second kappa shape index (κ2) is 12.2. The number of benzene rings is 5. The molecule has 0 fully saturated rings.